The quantitative estimate of drug-likeness (QED) is 0.876. The van der Waals surface area contributed by atoms with E-state index in [1.807, 2.05) is 12.1 Å². The van der Waals surface area contributed by atoms with E-state index in [0.717, 1.165) is 29.4 Å². The Balaban J connectivity index is 2.38. The van der Waals surface area contributed by atoms with Gasteiger partial charge in [-0.3, -0.25) is 4.79 Å². The molecule has 17 heavy (non-hydrogen) atoms. The van der Waals surface area contributed by atoms with Gasteiger partial charge in [0, 0.05) is 29.4 Å². The highest BCUT2D eigenvalue weighted by molar-refractivity contribution is 9.10. The molecule has 0 saturated carbocycles. The monoisotopic (exact) mass is 296 g/mol. The molecule has 3 N–H and O–H groups in total. The van der Waals surface area contributed by atoms with Crippen molar-refractivity contribution in [3.05, 3.63) is 34.3 Å². The van der Waals surface area contributed by atoms with E-state index in [4.69, 9.17) is 5.73 Å². The van der Waals surface area contributed by atoms with Gasteiger partial charge in [0.2, 0.25) is 5.91 Å². The van der Waals surface area contributed by atoms with Crippen molar-refractivity contribution >= 4 is 21.8 Å². The van der Waals surface area contributed by atoms with Gasteiger partial charge in [0.25, 0.3) is 0 Å². The van der Waals surface area contributed by atoms with E-state index in [-0.39, 0.29) is 11.3 Å². The lowest BCUT2D eigenvalue weighted by molar-refractivity contribution is -0.121. The summed E-state index contributed by atoms with van der Waals surface area (Å²) in [6.07, 6.45) is 2.42. The van der Waals surface area contributed by atoms with Crippen LogP contribution in [0.1, 0.15) is 24.8 Å². The normalized spacial score (nSPS) is 25.2. The van der Waals surface area contributed by atoms with Crippen LogP contribution in [0.25, 0.3) is 0 Å². The lowest BCUT2D eigenvalue weighted by Gasteiger charge is -2.31. The standard InChI is InChI=1S/C13H17BrN2O/c14-11-4-1-3-10(7-11)13(9-15)5-2-6-16-12(17)8-13/h1,3-4,7H,2,5-6,8-9,15H2,(H,16,17). The fraction of sp³-hybridized carbons (Fsp3) is 0.462. The van der Waals surface area contributed by atoms with Crippen LogP contribution in [-0.2, 0) is 10.2 Å². The number of hydrogen-bond acceptors (Lipinski definition) is 2. The Morgan fingerprint density at radius 1 is 1.47 bits per heavy atom. The topological polar surface area (TPSA) is 55.1 Å². The number of benzene rings is 1. The van der Waals surface area contributed by atoms with E-state index in [9.17, 15) is 4.79 Å². The highest BCUT2D eigenvalue weighted by Gasteiger charge is 2.34. The molecule has 0 aromatic heterocycles. The summed E-state index contributed by atoms with van der Waals surface area (Å²) in [4.78, 5) is 11.7. The molecule has 1 heterocycles. The highest BCUT2D eigenvalue weighted by Crippen LogP contribution is 2.34. The van der Waals surface area contributed by atoms with E-state index in [2.05, 4.69) is 33.4 Å². The lowest BCUT2D eigenvalue weighted by atomic mass is 9.74. The molecule has 1 aromatic carbocycles. The number of nitrogens with two attached hydrogens (primary N) is 1. The smallest absolute Gasteiger partial charge is 0.220 e. The predicted octanol–water partition coefficient (Wildman–Crippen LogP) is 1.95. The minimum Gasteiger partial charge on any atom is -0.356 e. The Labute approximate surface area is 110 Å². The second kappa shape index (κ2) is 5.19. The molecular formula is C13H17BrN2O. The Morgan fingerprint density at radius 2 is 2.29 bits per heavy atom. The van der Waals surface area contributed by atoms with Crippen molar-refractivity contribution in [1.29, 1.82) is 0 Å². The van der Waals surface area contributed by atoms with Crippen molar-refractivity contribution in [2.45, 2.75) is 24.7 Å². The molecule has 1 unspecified atom stereocenters. The molecule has 4 heteroatoms. The second-order valence-corrected chi connectivity index (χ2v) is 5.54. The van der Waals surface area contributed by atoms with E-state index < -0.39 is 0 Å². The Morgan fingerprint density at radius 3 is 3.00 bits per heavy atom. The first-order chi connectivity index (χ1) is 8.16. The summed E-state index contributed by atoms with van der Waals surface area (Å²) >= 11 is 3.48. The lowest BCUT2D eigenvalue weighted by Crippen LogP contribution is -2.38. The third-order valence-corrected chi connectivity index (χ3v) is 3.97. The zero-order valence-corrected chi connectivity index (χ0v) is 11.3. The first kappa shape index (κ1) is 12.6. The van der Waals surface area contributed by atoms with Crippen LogP contribution in [0.4, 0.5) is 0 Å². The number of carbonyl (C=O) groups excluding carboxylic acids is 1. The molecule has 1 aromatic rings. The van der Waals surface area contributed by atoms with E-state index in [1.165, 1.54) is 0 Å². The van der Waals surface area contributed by atoms with Gasteiger partial charge >= 0.3 is 0 Å². The van der Waals surface area contributed by atoms with E-state index >= 15 is 0 Å². The van der Waals surface area contributed by atoms with Gasteiger partial charge in [0.05, 0.1) is 0 Å². The number of halogens is 1. The van der Waals surface area contributed by atoms with Crippen molar-refractivity contribution in [2.24, 2.45) is 5.73 Å². The van der Waals surface area contributed by atoms with Gasteiger partial charge < -0.3 is 11.1 Å². The predicted molar refractivity (Wildman–Crippen MR) is 71.7 cm³/mol. The van der Waals surface area contributed by atoms with Crippen molar-refractivity contribution < 1.29 is 4.79 Å². The van der Waals surface area contributed by atoms with Crippen LogP contribution < -0.4 is 11.1 Å². The molecule has 0 bridgehead atoms. The van der Waals surface area contributed by atoms with Crippen molar-refractivity contribution in [3.8, 4) is 0 Å². The van der Waals surface area contributed by atoms with E-state index in [0.29, 0.717) is 13.0 Å². The molecule has 0 spiro atoms. The first-order valence-electron chi connectivity index (χ1n) is 5.89. The summed E-state index contributed by atoms with van der Waals surface area (Å²) in [6, 6.07) is 8.13. The molecule has 1 aliphatic heterocycles. The maximum atomic E-state index is 11.7. The van der Waals surface area contributed by atoms with Gasteiger partial charge in [-0.2, -0.15) is 0 Å². The molecule has 1 saturated heterocycles. The van der Waals surface area contributed by atoms with Crippen LogP contribution in [-0.4, -0.2) is 19.0 Å². The molecule has 1 amide bonds. The Kier molecular flexibility index (Phi) is 3.84. The third-order valence-electron chi connectivity index (χ3n) is 3.48. The van der Waals surface area contributed by atoms with Gasteiger partial charge in [-0.1, -0.05) is 28.1 Å². The van der Waals surface area contributed by atoms with Gasteiger partial charge in [0.15, 0.2) is 0 Å². The fourth-order valence-corrected chi connectivity index (χ4v) is 2.87. The minimum absolute atomic E-state index is 0.105. The van der Waals surface area contributed by atoms with Crippen LogP contribution in [0.5, 0.6) is 0 Å². The molecule has 1 fully saturated rings. The van der Waals surface area contributed by atoms with Gasteiger partial charge in [-0.05, 0) is 30.5 Å². The number of hydrogen-bond donors (Lipinski definition) is 2. The minimum atomic E-state index is -0.204. The molecular weight excluding hydrogens is 280 g/mol. The number of amides is 1. The maximum absolute atomic E-state index is 11.7. The van der Waals surface area contributed by atoms with Crippen molar-refractivity contribution in [2.75, 3.05) is 13.1 Å². The Hall–Kier alpha value is -0.870. The number of rotatable bonds is 2. The maximum Gasteiger partial charge on any atom is 0.220 e. The summed E-state index contributed by atoms with van der Waals surface area (Å²) in [5.41, 5.74) is 6.91. The zero-order valence-electron chi connectivity index (χ0n) is 9.71. The number of carbonyl (C=O) groups is 1. The average molecular weight is 297 g/mol. The van der Waals surface area contributed by atoms with Gasteiger partial charge in [-0.15, -0.1) is 0 Å². The summed E-state index contributed by atoms with van der Waals surface area (Å²) in [7, 11) is 0. The van der Waals surface area contributed by atoms with Crippen molar-refractivity contribution in [3.63, 3.8) is 0 Å². The van der Waals surface area contributed by atoms with Gasteiger partial charge in [-0.25, -0.2) is 0 Å². The highest BCUT2D eigenvalue weighted by atomic mass is 79.9. The molecule has 92 valence electrons. The Bertz CT molecular complexity index is 422. The van der Waals surface area contributed by atoms with Gasteiger partial charge in [0.1, 0.15) is 0 Å². The molecule has 1 atom stereocenters. The SMILES string of the molecule is NCC1(c2cccc(Br)c2)CCCNC(=O)C1. The summed E-state index contributed by atoms with van der Waals surface area (Å²) in [6.45, 7) is 1.27. The van der Waals surface area contributed by atoms with Crippen LogP contribution >= 0.6 is 15.9 Å². The molecule has 3 nitrogen and oxygen atoms in total. The average Bonchev–Trinajstić information content (AvgIpc) is 2.52. The summed E-state index contributed by atoms with van der Waals surface area (Å²) in [5.74, 6) is 0.105. The molecule has 0 radical (unpaired) electrons. The van der Waals surface area contributed by atoms with Crippen LogP contribution in [0.15, 0.2) is 28.7 Å². The molecule has 1 aliphatic rings. The summed E-state index contributed by atoms with van der Waals surface area (Å²) in [5, 5.41) is 2.91. The molecule has 0 aliphatic carbocycles. The third kappa shape index (κ3) is 2.69. The van der Waals surface area contributed by atoms with E-state index in [1.54, 1.807) is 0 Å². The fourth-order valence-electron chi connectivity index (χ4n) is 2.47. The van der Waals surface area contributed by atoms with Crippen LogP contribution in [0.2, 0.25) is 0 Å². The molecule has 2 rings (SSSR count). The second-order valence-electron chi connectivity index (χ2n) is 4.63. The zero-order chi connectivity index (χ0) is 12.3. The van der Waals surface area contributed by atoms with Crippen LogP contribution in [0, 0.1) is 0 Å². The summed E-state index contributed by atoms with van der Waals surface area (Å²) < 4.78 is 1.03. The van der Waals surface area contributed by atoms with Crippen molar-refractivity contribution in [1.82, 2.24) is 5.32 Å². The first-order valence-corrected chi connectivity index (χ1v) is 6.68. The largest absolute Gasteiger partial charge is 0.356 e. The number of nitrogens with one attached hydrogen (secondary N) is 1. The van der Waals surface area contributed by atoms with Crippen LogP contribution in [0.3, 0.4) is 0 Å².